The van der Waals surface area contributed by atoms with Crippen LogP contribution >= 0.6 is 11.3 Å². The third-order valence-electron chi connectivity index (χ3n) is 6.19. The standard InChI is InChI=1S/C25H24N4O4S/c1-33-21-8-7-17(16-29-23(31)18-5-2-3-6-19(18)24(29)32)15-20(21)22(30)27-10-4-11-28(13-12-27)25-26-9-14-34-25/h2-3,5-9,14-15H,4,10-13,16H2,1H3. The Morgan fingerprint density at radius 1 is 1.03 bits per heavy atom. The second-order valence-corrected chi connectivity index (χ2v) is 9.10. The number of nitrogens with zero attached hydrogens (tertiary/aromatic N) is 4. The molecule has 5 rings (SSSR count). The van der Waals surface area contributed by atoms with Gasteiger partial charge >= 0.3 is 0 Å². The molecule has 0 unspecified atom stereocenters. The molecule has 3 aromatic rings. The van der Waals surface area contributed by atoms with Gasteiger partial charge in [-0.15, -0.1) is 11.3 Å². The maximum Gasteiger partial charge on any atom is 0.261 e. The minimum Gasteiger partial charge on any atom is -0.496 e. The first-order valence-corrected chi connectivity index (χ1v) is 12.0. The Balaban J connectivity index is 1.35. The molecule has 3 heterocycles. The van der Waals surface area contributed by atoms with Gasteiger partial charge in [0.25, 0.3) is 17.7 Å². The van der Waals surface area contributed by atoms with E-state index in [0.29, 0.717) is 47.6 Å². The minimum atomic E-state index is -0.320. The number of ether oxygens (including phenoxy) is 1. The molecule has 2 aromatic carbocycles. The lowest BCUT2D eigenvalue weighted by Gasteiger charge is -2.23. The van der Waals surface area contributed by atoms with Crippen molar-refractivity contribution in [2.75, 3.05) is 38.2 Å². The first-order chi connectivity index (χ1) is 16.6. The van der Waals surface area contributed by atoms with E-state index in [1.807, 2.05) is 10.3 Å². The summed E-state index contributed by atoms with van der Waals surface area (Å²) in [5.41, 5.74) is 1.94. The summed E-state index contributed by atoms with van der Waals surface area (Å²) in [6.45, 7) is 2.84. The fourth-order valence-corrected chi connectivity index (χ4v) is 5.14. The topological polar surface area (TPSA) is 83.0 Å². The molecule has 9 heteroatoms. The average Bonchev–Trinajstić information content (AvgIpc) is 3.39. The highest BCUT2D eigenvalue weighted by Crippen LogP contribution is 2.28. The maximum atomic E-state index is 13.5. The van der Waals surface area contributed by atoms with Crippen molar-refractivity contribution >= 4 is 34.2 Å². The first kappa shape index (κ1) is 22.1. The van der Waals surface area contributed by atoms with Gasteiger partial charge in [0.15, 0.2) is 5.13 Å². The van der Waals surface area contributed by atoms with Crippen molar-refractivity contribution in [1.29, 1.82) is 0 Å². The third-order valence-corrected chi connectivity index (χ3v) is 7.02. The van der Waals surface area contributed by atoms with Crippen LogP contribution in [0.2, 0.25) is 0 Å². The van der Waals surface area contributed by atoms with E-state index < -0.39 is 0 Å². The van der Waals surface area contributed by atoms with Gasteiger partial charge in [-0.05, 0) is 36.2 Å². The monoisotopic (exact) mass is 476 g/mol. The molecular formula is C25H24N4O4S. The van der Waals surface area contributed by atoms with Crippen molar-refractivity contribution in [1.82, 2.24) is 14.8 Å². The van der Waals surface area contributed by atoms with Gasteiger partial charge in [0.05, 0.1) is 30.3 Å². The molecule has 2 aliphatic rings. The van der Waals surface area contributed by atoms with Crippen LogP contribution in [0.25, 0.3) is 0 Å². The maximum absolute atomic E-state index is 13.5. The van der Waals surface area contributed by atoms with Gasteiger partial charge in [-0.25, -0.2) is 4.98 Å². The Morgan fingerprint density at radius 2 is 1.79 bits per heavy atom. The molecule has 0 aliphatic carbocycles. The van der Waals surface area contributed by atoms with Gasteiger partial charge in [0.1, 0.15) is 5.75 Å². The number of amides is 3. The van der Waals surface area contributed by atoms with Crippen LogP contribution in [0.4, 0.5) is 5.13 Å². The Hall–Kier alpha value is -3.72. The van der Waals surface area contributed by atoms with Crippen molar-refractivity contribution < 1.29 is 19.1 Å². The van der Waals surface area contributed by atoms with E-state index in [9.17, 15) is 14.4 Å². The van der Waals surface area contributed by atoms with Crippen LogP contribution in [-0.2, 0) is 6.54 Å². The van der Waals surface area contributed by atoms with E-state index in [2.05, 4.69) is 9.88 Å². The number of carbonyl (C=O) groups excluding carboxylic acids is 3. The molecule has 34 heavy (non-hydrogen) atoms. The zero-order chi connectivity index (χ0) is 23.7. The largest absolute Gasteiger partial charge is 0.496 e. The number of methoxy groups -OCH3 is 1. The second-order valence-electron chi connectivity index (χ2n) is 8.22. The molecule has 0 spiro atoms. The van der Waals surface area contributed by atoms with Crippen molar-refractivity contribution in [3.05, 3.63) is 76.3 Å². The molecule has 174 valence electrons. The SMILES string of the molecule is COc1ccc(CN2C(=O)c3ccccc3C2=O)cc1C(=O)N1CCCN(c2nccs2)CC1. The van der Waals surface area contributed by atoms with Crippen molar-refractivity contribution in [2.24, 2.45) is 0 Å². The summed E-state index contributed by atoms with van der Waals surface area (Å²) >= 11 is 1.60. The Labute approximate surface area is 201 Å². The number of imide groups is 1. The van der Waals surface area contributed by atoms with Crippen LogP contribution < -0.4 is 9.64 Å². The number of rotatable bonds is 5. The second kappa shape index (κ2) is 9.26. The highest BCUT2D eigenvalue weighted by molar-refractivity contribution is 7.13. The van der Waals surface area contributed by atoms with E-state index in [1.165, 1.54) is 12.0 Å². The van der Waals surface area contributed by atoms with E-state index in [4.69, 9.17) is 4.74 Å². The highest BCUT2D eigenvalue weighted by Gasteiger charge is 2.35. The zero-order valence-electron chi connectivity index (χ0n) is 18.8. The van der Waals surface area contributed by atoms with Crippen LogP contribution in [0, 0.1) is 0 Å². The predicted molar refractivity (Wildman–Crippen MR) is 128 cm³/mol. The molecular weight excluding hydrogens is 452 g/mol. The summed E-state index contributed by atoms with van der Waals surface area (Å²) in [7, 11) is 1.53. The Bertz CT molecular complexity index is 1210. The average molecular weight is 477 g/mol. The lowest BCUT2D eigenvalue weighted by molar-refractivity contribution is 0.0642. The fourth-order valence-electron chi connectivity index (χ4n) is 4.44. The van der Waals surface area contributed by atoms with Crippen LogP contribution in [0.5, 0.6) is 5.75 Å². The van der Waals surface area contributed by atoms with Crippen molar-refractivity contribution in [2.45, 2.75) is 13.0 Å². The van der Waals surface area contributed by atoms with E-state index in [-0.39, 0.29) is 24.3 Å². The van der Waals surface area contributed by atoms with E-state index in [1.54, 1.807) is 60.0 Å². The lowest BCUT2D eigenvalue weighted by atomic mass is 10.1. The quantitative estimate of drug-likeness (QED) is 0.526. The molecule has 0 atom stereocenters. The zero-order valence-corrected chi connectivity index (χ0v) is 19.6. The summed E-state index contributed by atoms with van der Waals surface area (Å²) in [5.74, 6) is -0.294. The molecule has 0 radical (unpaired) electrons. The normalized spacial score (nSPS) is 16.0. The van der Waals surface area contributed by atoms with Gasteiger partial charge in [-0.1, -0.05) is 18.2 Å². The molecule has 0 bridgehead atoms. The van der Waals surface area contributed by atoms with Crippen LogP contribution in [0.15, 0.2) is 54.0 Å². The molecule has 1 fully saturated rings. The van der Waals surface area contributed by atoms with Crippen LogP contribution in [0.1, 0.15) is 43.1 Å². The Kier molecular flexibility index (Phi) is 6.02. The van der Waals surface area contributed by atoms with Crippen molar-refractivity contribution in [3.8, 4) is 5.75 Å². The number of thiazole rings is 1. The number of hydrogen-bond acceptors (Lipinski definition) is 7. The van der Waals surface area contributed by atoms with E-state index in [0.717, 1.165) is 18.1 Å². The number of fused-ring (bicyclic) bond motifs is 1. The third kappa shape index (κ3) is 4.03. The van der Waals surface area contributed by atoms with Crippen LogP contribution in [-0.4, -0.2) is 65.8 Å². The minimum absolute atomic E-state index is 0.0917. The fraction of sp³-hybridized carbons (Fsp3) is 0.280. The molecule has 1 aromatic heterocycles. The van der Waals surface area contributed by atoms with Crippen LogP contribution in [0.3, 0.4) is 0 Å². The molecule has 0 N–H and O–H groups in total. The Morgan fingerprint density at radius 3 is 2.47 bits per heavy atom. The molecule has 0 saturated carbocycles. The number of benzene rings is 2. The van der Waals surface area contributed by atoms with Gasteiger partial charge in [-0.3, -0.25) is 19.3 Å². The first-order valence-electron chi connectivity index (χ1n) is 11.1. The molecule has 1 saturated heterocycles. The summed E-state index contributed by atoms with van der Waals surface area (Å²) < 4.78 is 5.47. The van der Waals surface area contributed by atoms with Gasteiger partial charge < -0.3 is 14.5 Å². The summed E-state index contributed by atoms with van der Waals surface area (Å²) in [4.78, 5) is 48.7. The van der Waals surface area contributed by atoms with E-state index >= 15 is 0 Å². The number of hydrogen-bond donors (Lipinski definition) is 0. The van der Waals surface area contributed by atoms with Gasteiger partial charge in [-0.2, -0.15) is 0 Å². The van der Waals surface area contributed by atoms with Gasteiger partial charge in [0, 0.05) is 37.8 Å². The highest BCUT2D eigenvalue weighted by atomic mass is 32.1. The summed E-state index contributed by atoms with van der Waals surface area (Å²) in [6, 6.07) is 12.0. The molecule has 8 nitrogen and oxygen atoms in total. The number of anilines is 1. The number of carbonyl (C=O) groups is 3. The summed E-state index contributed by atoms with van der Waals surface area (Å²) in [5, 5.41) is 2.92. The molecule has 2 aliphatic heterocycles. The smallest absolute Gasteiger partial charge is 0.261 e. The van der Waals surface area contributed by atoms with Crippen molar-refractivity contribution in [3.63, 3.8) is 0 Å². The van der Waals surface area contributed by atoms with Gasteiger partial charge in [0.2, 0.25) is 0 Å². The summed E-state index contributed by atoms with van der Waals surface area (Å²) in [6.07, 6.45) is 2.63. The predicted octanol–water partition coefficient (Wildman–Crippen LogP) is 3.30. The number of aromatic nitrogens is 1. The lowest BCUT2D eigenvalue weighted by Crippen LogP contribution is -2.35. The molecule has 3 amide bonds.